The zero-order chi connectivity index (χ0) is 16.2. The molecule has 3 rings (SSSR count). The van der Waals surface area contributed by atoms with Crippen molar-refractivity contribution < 1.29 is 4.42 Å². The van der Waals surface area contributed by atoms with Crippen LogP contribution in [0, 0.1) is 6.92 Å². The number of fused-ring (bicyclic) bond motifs is 1. The van der Waals surface area contributed by atoms with Crippen LogP contribution in [0.3, 0.4) is 0 Å². The van der Waals surface area contributed by atoms with Crippen LogP contribution in [0.2, 0.25) is 5.32 Å². The molecule has 1 aromatic heterocycles. The van der Waals surface area contributed by atoms with Crippen molar-refractivity contribution in [2.45, 2.75) is 32.0 Å². The standard InChI is InChI=1S/C20H20O2Se/c1-3-4-13-23-19-17(15-10-6-5-7-11-15)16-12-8-9-14(2)18(16)22-20(19)21/h5-12H,3-4,13H2,1-2H3. The fourth-order valence-electron chi connectivity index (χ4n) is 2.69. The Kier molecular flexibility index (Phi) is 5.00. The summed E-state index contributed by atoms with van der Waals surface area (Å²) in [5.74, 6) is 0. The molecule has 3 heteroatoms. The summed E-state index contributed by atoms with van der Waals surface area (Å²) in [7, 11) is 0. The number of hydrogen-bond donors (Lipinski definition) is 0. The molecule has 0 aliphatic carbocycles. The number of rotatable bonds is 5. The predicted octanol–water partition coefficient (Wildman–Crippen LogP) is 4.32. The second kappa shape index (κ2) is 7.16. The van der Waals surface area contributed by atoms with Gasteiger partial charge in [0.05, 0.1) is 0 Å². The summed E-state index contributed by atoms with van der Waals surface area (Å²) in [4.78, 5) is 12.6. The number of benzene rings is 2. The molecule has 1 heterocycles. The van der Waals surface area contributed by atoms with Gasteiger partial charge in [-0.25, -0.2) is 0 Å². The maximum atomic E-state index is 12.6. The van der Waals surface area contributed by atoms with Crippen molar-refractivity contribution in [1.82, 2.24) is 0 Å². The molecule has 0 aliphatic rings. The molecular formula is C20H20O2Se. The summed E-state index contributed by atoms with van der Waals surface area (Å²) in [6, 6.07) is 16.3. The van der Waals surface area contributed by atoms with Gasteiger partial charge in [0, 0.05) is 0 Å². The van der Waals surface area contributed by atoms with E-state index in [4.69, 9.17) is 4.42 Å². The molecule has 0 fully saturated rings. The maximum absolute atomic E-state index is 12.6. The van der Waals surface area contributed by atoms with Crippen LogP contribution in [-0.2, 0) is 0 Å². The molecule has 0 spiro atoms. The summed E-state index contributed by atoms with van der Waals surface area (Å²) in [6.45, 7) is 4.17. The predicted molar refractivity (Wildman–Crippen MR) is 97.8 cm³/mol. The molecule has 0 saturated heterocycles. The first kappa shape index (κ1) is 16.0. The zero-order valence-corrected chi connectivity index (χ0v) is 15.2. The first-order valence-electron chi connectivity index (χ1n) is 7.97. The van der Waals surface area contributed by atoms with Crippen LogP contribution in [0.1, 0.15) is 25.3 Å². The average Bonchev–Trinajstić information content (AvgIpc) is 2.57. The molecule has 0 radical (unpaired) electrons. The van der Waals surface area contributed by atoms with Crippen molar-refractivity contribution in [2.24, 2.45) is 0 Å². The van der Waals surface area contributed by atoms with Crippen LogP contribution in [0.5, 0.6) is 0 Å². The van der Waals surface area contributed by atoms with Crippen LogP contribution >= 0.6 is 0 Å². The minimum absolute atomic E-state index is 0.139. The fraction of sp³-hybridized carbons (Fsp3) is 0.250. The van der Waals surface area contributed by atoms with Gasteiger partial charge in [-0.15, -0.1) is 0 Å². The van der Waals surface area contributed by atoms with E-state index in [1.807, 2.05) is 37.3 Å². The zero-order valence-electron chi connectivity index (χ0n) is 13.5. The third-order valence-corrected chi connectivity index (χ3v) is 6.31. The van der Waals surface area contributed by atoms with Gasteiger partial charge in [0.1, 0.15) is 0 Å². The van der Waals surface area contributed by atoms with E-state index in [0.717, 1.165) is 44.7 Å². The Labute approximate surface area is 142 Å². The van der Waals surface area contributed by atoms with Gasteiger partial charge >= 0.3 is 142 Å². The van der Waals surface area contributed by atoms with E-state index in [-0.39, 0.29) is 20.6 Å². The van der Waals surface area contributed by atoms with Crippen LogP contribution in [-0.4, -0.2) is 15.0 Å². The second-order valence-corrected chi connectivity index (χ2v) is 7.93. The van der Waals surface area contributed by atoms with E-state index >= 15 is 0 Å². The first-order chi connectivity index (χ1) is 11.2. The fourth-order valence-corrected chi connectivity index (χ4v) is 5.14. The molecule has 0 aliphatic heterocycles. The Bertz CT molecular complexity index is 866. The van der Waals surface area contributed by atoms with Crippen LogP contribution in [0.4, 0.5) is 0 Å². The molecule has 0 atom stereocenters. The van der Waals surface area contributed by atoms with Crippen LogP contribution in [0.25, 0.3) is 22.1 Å². The van der Waals surface area contributed by atoms with E-state index in [9.17, 15) is 4.79 Å². The minimum atomic E-state index is -0.165. The Morgan fingerprint density at radius 3 is 2.57 bits per heavy atom. The Morgan fingerprint density at radius 1 is 1.04 bits per heavy atom. The van der Waals surface area contributed by atoms with Gasteiger partial charge in [0.15, 0.2) is 0 Å². The quantitative estimate of drug-likeness (QED) is 0.380. The van der Waals surface area contributed by atoms with E-state index in [1.54, 1.807) is 0 Å². The second-order valence-electron chi connectivity index (χ2n) is 5.61. The normalized spacial score (nSPS) is 11.0. The van der Waals surface area contributed by atoms with Crippen LogP contribution in [0.15, 0.2) is 57.7 Å². The Balaban J connectivity index is 2.28. The summed E-state index contributed by atoms with van der Waals surface area (Å²) in [5, 5.41) is 2.12. The first-order valence-corrected chi connectivity index (χ1v) is 10.0. The summed E-state index contributed by atoms with van der Waals surface area (Å²) < 4.78 is 6.55. The van der Waals surface area contributed by atoms with Gasteiger partial charge in [0.2, 0.25) is 0 Å². The van der Waals surface area contributed by atoms with Gasteiger partial charge < -0.3 is 0 Å². The number of para-hydroxylation sites is 1. The van der Waals surface area contributed by atoms with Crippen LogP contribution < -0.4 is 10.1 Å². The third-order valence-electron chi connectivity index (χ3n) is 3.90. The molecule has 3 aromatic rings. The molecule has 0 unspecified atom stereocenters. The molecule has 0 saturated carbocycles. The van der Waals surface area contributed by atoms with Crippen molar-refractivity contribution in [1.29, 1.82) is 0 Å². The molecule has 118 valence electrons. The van der Waals surface area contributed by atoms with Crippen molar-refractivity contribution in [3.8, 4) is 11.1 Å². The third kappa shape index (κ3) is 3.26. The molecule has 23 heavy (non-hydrogen) atoms. The molecule has 0 amide bonds. The SMILES string of the molecule is CCCC[Se]c1c(-c2ccccc2)c2cccc(C)c2oc1=O. The summed E-state index contributed by atoms with van der Waals surface area (Å²) in [6.07, 6.45) is 2.31. The van der Waals surface area contributed by atoms with Gasteiger partial charge in [-0.05, 0) is 0 Å². The van der Waals surface area contributed by atoms with Gasteiger partial charge in [-0.2, -0.15) is 0 Å². The molecule has 0 N–H and O–H groups in total. The Hall–Kier alpha value is -1.83. The van der Waals surface area contributed by atoms with E-state index in [0.29, 0.717) is 5.58 Å². The topological polar surface area (TPSA) is 30.2 Å². The van der Waals surface area contributed by atoms with Gasteiger partial charge in [-0.1, -0.05) is 0 Å². The molecule has 2 aromatic carbocycles. The van der Waals surface area contributed by atoms with E-state index in [2.05, 4.69) is 25.1 Å². The van der Waals surface area contributed by atoms with Crippen molar-refractivity contribution in [2.75, 3.05) is 0 Å². The monoisotopic (exact) mass is 372 g/mol. The van der Waals surface area contributed by atoms with E-state index in [1.165, 1.54) is 0 Å². The number of hydrogen-bond acceptors (Lipinski definition) is 2. The van der Waals surface area contributed by atoms with Gasteiger partial charge in [-0.3, -0.25) is 0 Å². The van der Waals surface area contributed by atoms with Crippen molar-refractivity contribution in [3.05, 3.63) is 64.5 Å². The molecule has 0 bridgehead atoms. The van der Waals surface area contributed by atoms with Gasteiger partial charge in [0.25, 0.3) is 0 Å². The molecule has 2 nitrogen and oxygen atoms in total. The summed E-state index contributed by atoms with van der Waals surface area (Å²) >= 11 is 0.139. The van der Waals surface area contributed by atoms with Crippen molar-refractivity contribution >= 4 is 30.4 Å². The van der Waals surface area contributed by atoms with E-state index < -0.39 is 0 Å². The van der Waals surface area contributed by atoms with Crippen molar-refractivity contribution in [3.63, 3.8) is 0 Å². The Morgan fingerprint density at radius 2 is 1.83 bits per heavy atom. The average molecular weight is 371 g/mol. The number of unbranched alkanes of at least 4 members (excludes halogenated alkanes) is 1. The number of aryl methyl sites for hydroxylation is 1. The molecular weight excluding hydrogens is 351 g/mol. The summed E-state index contributed by atoms with van der Waals surface area (Å²) in [5.41, 5.74) is 3.72.